The molecule has 0 unspecified atom stereocenters. The minimum atomic E-state index is -0.868. The summed E-state index contributed by atoms with van der Waals surface area (Å²) < 4.78 is 5.23. The van der Waals surface area contributed by atoms with Crippen LogP contribution in [0.15, 0.2) is 43.0 Å². The predicted octanol–water partition coefficient (Wildman–Crippen LogP) is 3.45. The second-order valence-electron chi connectivity index (χ2n) is 7.79. The number of carbonyl (C=O) groups is 3. The first-order valence-electron chi connectivity index (χ1n) is 11.0. The first-order chi connectivity index (χ1) is 14.6. The Kier molecular flexibility index (Phi) is 10.7. The van der Waals surface area contributed by atoms with E-state index in [0.29, 0.717) is 13.0 Å². The number of carbonyl (C=O) groups excluding carboxylic acids is 3. The van der Waals surface area contributed by atoms with Crippen molar-refractivity contribution in [1.82, 2.24) is 10.6 Å². The van der Waals surface area contributed by atoms with E-state index >= 15 is 0 Å². The zero-order valence-electron chi connectivity index (χ0n) is 17.7. The van der Waals surface area contributed by atoms with Crippen LogP contribution in [-0.4, -0.2) is 36.5 Å². The highest BCUT2D eigenvalue weighted by atomic mass is 16.5. The molecule has 0 aromatic heterocycles. The lowest BCUT2D eigenvalue weighted by molar-refractivity contribution is -0.147. The summed E-state index contributed by atoms with van der Waals surface area (Å²) in [5.41, 5.74) is 0.965. The van der Waals surface area contributed by atoms with Gasteiger partial charge in [0.15, 0.2) is 0 Å². The van der Waals surface area contributed by atoms with Crippen LogP contribution in [0.25, 0.3) is 0 Å². The van der Waals surface area contributed by atoms with Crippen LogP contribution in [0.1, 0.15) is 63.4 Å². The van der Waals surface area contributed by atoms with Gasteiger partial charge in [-0.2, -0.15) is 0 Å². The van der Waals surface area contributed by atoms with Crippen molar-refractivity contribution in [3.05, 3.63) is 48.6 Å². The monoisotopic (exact) mass is 414 g/mol. The molecule has 1 aliphatic heterocycles. The van der Waals surface area contributed by atoms with E-state index < -0.39 is 18.1 Å². The number of amides is 2. The summed E-state index contributed by atoms with van der Waals surface area (Å²) in [6.07, 6.45) is 11.2. The number of esters is 1. The standard InChI is InChI=1S/C24H34N2O4/c1-2-3-4-5-6-7-8-9-13-16-30-22(27)18-21-24(29)25-20(23(28)26-21)17-19-14-11-10-12-15-19/h2,10-12,14-15,20-21H,1,3-9,13,16-18H2,(H,25,29)(H,26,28)/t20-,21-/m0/s1. The lowest BCUT2D eigenvalue weighted by Gasteiger charge is -2.29. The Balaban J connectivity index is 1.58. The molecule has 30 heavy (non-hydrogen) atoms. The number of rotatable bonds is 14. The summed E-state index contributed by atoms with van der Waals surface area (Å²) in [5.74, 6) is -1.07. The minimum Gasteiger partial charge on any atom is -0.466 e. The van der Waals surface area contributed by atoms with Gasteiger partial charge in [-0.25, -0.2) is 0 Å². The molecule has 0 spiro atoms. The number of hydrogen-bond acceptors (Lipinski definition) is 4. The number of ether oxygens (including phenoxy) is 1. The van der Waals surface area contributed by atoms with E-state index in [1.54, 1.807) is 0 Å². The van der Waals surface area contributed by atoms with Crippen LogP contribution < -0.4 is 10.6 Å². The maximum Gasteiger partial charge on any atom is 0.308 e. The van der Waals surface area contributed by atoms with Gasteiger partial charge in [-0.1, -0.05) is 68.5 Å². The van der Waals surface area contributed by atoms with Gasteiger partial charge < -0.3 is 15.4 Å². The number of hydrogen-bond donors (Lipinski definition) is 2. The lowest BCUT2D eigenvalue weighted by atomic mass is 10.0. The first kappa shape index (κ1) is 23.6. The first-order valence-corrected chi connectivity index (χ1v) is 11.0. The van der Waals surface area contributed by atoms with Crippen LogP contribution in [0, 0.1) is 0 Å². The third kappa shape index (κ3) is 8.80. The van der Waals surface area contributed by atoms with E-state index in [2.05, 4.69) is 17.2 Å². The van der Waals surface area contributed by atoms with Crippen LogP contribution >= 0.6 is 0 Å². The minimum absolute atomic E-state index is 0.140. The molecule has 164 valence electrons. The van der Waals surface area contributed by atoms with Crippen LogP contribution in [0.2, 0.25) is 0 Å². The lowest BCUT2D eigenvalue weighted by Crippen LogP contribution is -2.62. The number of benzene rings is 1. The topological polar surface area (TPSA) is 84.5 Å². The highest BCUT2D eigenvalue weighted by molar-refractivity contribution is 5.98. The van der Waals surface area contributed by atoms with Gasteiger partial charge in [0.25, 0.3) is 0 Å². The van der Waals surface area contributed by atoms with Crippen LogP contribution in [0.4, 0.5) is 0 Å². The molecular formula is C24H34N2O4. The summed E-state index contributed by atoms with van der Waals surface area (Å²) in [4.78, 5) is 36.6. The van der Waals surface area contributed by atoms with E-state index in [9.17, 15) is 14.4 Å². The van der Waals surface area contributed by atoms with Crippen LogP contribution in [-0.2, 0) is 25.5 Å². The average Bonchev–Trinajstić information content (AvgIpc) is 2.74. The van der Waals surface area contributed by atoms with Gasteiger partial charge in [0.05, 0.1) is 13.0 Å². The smallest absolute Gasteiger partial charge is 0.308 e. The number of nitrogens with one attached hydrogen (secondary N) is 2. The fourth-order valence-corrected chi connectivity index (χ4v) is 3.50. The van der Waals surface area contributed by atoms with Crippen molar-refractivity contribution in [3.8, 4) is 0 Å². The van der Waals surface area contributed by atoms with Crippen molar-refractivity contribution < 1.29 is 19.1 Å². The summed E-state index contributed by atoms with van der Waals surface area (Å²) in [7, 11) is 0. The second-order valence-corrected chi connectivity index (χ2v) is 7.79. The van der Waals surface area contributed by atoms with E-state index in [1.165, 1.54) is 25.7 Å². The van der Waals surface area contributed by atoms with E-state index in [0.717, 1.165) is 31.2 Å². The molecule has 1 aliphatic rings. The van der Waals surface area contributed by atoms with Gasteiger partial charge in [-0.15, -0.1) is 6.58 Å². The maximum absolute atomic E-state index is 12.3. The molecule has 6 heteroatoms. The summed E-state index contributed by atoms with van der Waals surface area (Å²) in [5, 5.41) is 5.36. The fourth-order valence-electron chi connectivity index (χ4n) is 3.50. The normalized spacial score (nSPS) is 18.4. The molecule has 2 amide bonds. The highest BCUT2D eigenvalue weighted by Gasteiger charge is 2.35. The number of allylic oxidation sites excluding steroid dienone is 1. The van der Waals surface area contributed by atoms with E-state index in [1.807, 2.05) is 36.4 Å². The molecule has 1 saturated heterocycles. The average molecular weight is 415 g/mol. The van der Waals surface area contributed by atoms with E-state index in [-0.39, 0.29) is 18.2 Å². The molecule has 2 N–H and O–H groups in total. The third-order valence-corrected chi connectivity index (χ3v) is 5.24. The van der Waals surface area contributed by atoms with Gasteiger partial charge in [0.2, 0.25) is 11.8 Å². The third-order valence-electron chi connectivity index (χ3n) is 5.24. The largest absolute Gasteiger partial charge is 0.466 e. The summed E-state index contributed by atoms with van der Waals surface area (Å²) >= 11 is 0. The molecule has 1 fully saturated rings. The predicted molar refractivity (Wildman–Crippen MR) is 117 cm³/mol. The van der Waals surface area contributed by atoms with Crippen molar-refractivity contribution in [2.24, 2.45) is 0 Å². The SMILES string of the molecule is C=CCCCCCCCCCOC(=O)C[C@@H]1NC(=O)[C@H](Cc2ccccc2)NC1=O. The second kappa shape index (κ2) is 13.6. The zero-order chi connectivity index (χ0) is 21.6. The number of piperazine rings is 1. The Morgan fingerprint density at radius 1 is 0.900 bits per heavy atom. The van der Waals surface area contributed by atoms with Gasteiger partial charge in [0, 0.05) is 6.42 Å². The Labute approximate surface area is 179 Å². The van der Waals surface area contributed by atoms with Crippen LogP contribution in [0.3, 0.4) is 0 Å². The molecular weight excluding hydrogens is 380 g/mol. The van der Waals surface area contributed by atoms with Crippen LogP contribution in [0.5, 0.6) is 0 Å². The number of unbranched alkanes of at least 4 members (excludes halogenated alkanes) is 7. The Bertz CT molecular complexity index is 690. The van der Waals surface area contributed by atoms with Crippen molar-refractivity contribution >= 4 is 17.8 Å². The van der Waals surface area contributed by atoms with Gasteiger partial charge in [0.1, 0.15) is 12.1 Å². The van der Waals surface area contributed by atoms with Crippen molar-refractivity contribution in [3.63, 3.8) is 0 Å². The molecule has 6 nitrogen and oxygen atoms in total. The molecule has 0 aliphatic carbocycles. The summed E-state index contributed by atoms with van der Waals surface area (Å²) in [6, 6.07) is 8.01. The molecule has 2 atom stereocenters. The maximum atomic E-state index is 12.3. The Morgan fingerprint density at radius 3 is 2.20 bits per heavy atom. The molecule has 0 bridgehead atoms. The Hall–Kier alpha value is -2.63. The summed E-state index contributed by atoms with van der Waals surface area (Å²) in [6.45, 7) is 4.08. The van der Waals surface area contributed by atoms with Crippen molar-refractivity contribution in [2.75, 3.05) is 6.61 Å². The molecule has 1 aromatic carbocycles. The highest BCUT2D eigenvalue weighted by Crippen LogP contribution is 2.11. The molecule has 1 aromatic rings. The van der Waals surface area contributed by atoms with E-state index in [4.69, 9.17) is 4.74 Å². The molecule has 1 heterocycles. The van der Waals surface area contributed by atoms with Crippen molar-refractivity contribution in [1.29, 1.82) is 0 Å². The zero-order valence-corrected chi connectivity index (χ0v) is 17.7. The van der Waals surface area contributed by atoms with Crippen molar-refractivity contribution in [2.45, 2.75) is 76.3 Å². The van der Waals surface area contributed by atoms with Gasteiger partial charge in [-0.05, 0) is 24.8 Å². The molecule has 2 rings (SSSR count). The Morgan fingerprint density at radius 2 is 1.50 bits per heavy atom. The fraction of sp³-hybridized carbons (Fsp3) is 0.542. The molecule has 0 saturated carbocycles. The van der Waals surface area contributed by atoms with Gasteiger partial charge >= 0.3 is 5.97 Å². The van der Waals surface area contributed by atoms with Gasteiger partial charge in [-0.3, -0.25) is 14.4 Å². The molecule has 0 radical (unpaired) electrons. The quantitative estimate of drug-likeness (QED) is 0.277.